The minimum Gasteiger partial charge on any atom is -0.692 e. The molecule has 16 heavy (non-hydrogen) atoms. The third kappa shape index (κ3) is 1.38. The molecule has 4 heteroatoms. The lowest BCUT2D eigenvalue weighted by atomic mass is 10.0. The van der Waals surface area contributed by atoms with Crippen LogP contribution in [0.5, 0.6) is 0 Å². The zero-order valence-electron chi connectivity index (χ0n) is 8.97. The zero-order valence-corrected chi connectivity index (χ0v) is 8.97. The van der Waals surface area contributed by atoms with Crippen LogP contribution in [0.4, 0.5) is 0 Å². The summed E-state index contributed by atoms with van der Waals surface area (Å²) in [6.45, 7) is 0. The Hall–Kier alpha value is -1.84. The van der Waals surface area contributed by atoms with Crippen molar-refractivity contribution >= 4 is 0 Å². The van der Waals surface area contributed by atoms with Crippen LogP contribution in [0.2, 0.25) is 0 Å². The molecule has 0 radical (unpaired) electrons. The van der Waals surface area contributed by atoms with Gasteiger partial charge < -0.3 is 5.21 Å². The van der Waals surface area contributed by atoms with Gasteiger partial charge in [-0.3, -0.25) is 0 Å². The molecule has 1 aliphatic rings. The van der Waals surface area contributed by atoms with Crippen LogP contribution in [-0.2, 0) is 12.8 Å². The van der Waals surface area contributed by atoms with E-state index in [4.69, 9.17) is 0 Å². The van der Waals surface area contributed by atoms with Gasteiger partial charge >= 0.3 is 0 Å². The van der Waals surface area contributed by atoms with Crippen molar-refractivity contribution in [1.82, 2.24) is 9.90 Å². The van der Waals surface area contributed by atoms with Gasteiger partial charge in [0.15, 0.2) is 5.69 Å². The maximum Gasteiger partial charge on any atom is 0.222 e. The first-order valence-electron chi connectivity index (χ1n) is 5.62. The van der Waals surface area contributed by atoms with Gasteiger partial charge in [-0.05, 0) is 29.8 Å². The average Bonchev–Trinajstić information content (AvgIpc) is 2.69. The fourth-order valence-electron chi connectivity index (χ4n) is 2.18. The minimum atomic E-state index is 0.826. The summed E-state index contributed by atoms with van der Waals surface area (Å²) in [5, 5.41) is 16.4. The van der Waals surface area contributed by atoms with E-state index in [-0.39, 0.29) is 0 Å². The molecule has 4 nitrogen and oxygen atoms in total. The lowest BCUT2D eigenvalue weighted by molar-refractivity contribution is -0.695. The number of aromatic nitrogens is 3. The highest BCUT2D eigenvalue weighted by Crippen LogP contribution is 2.17. The quantitative estimate of drug-likeness (QED) is 0.533. The van der Waals surface area contributed by atoms with Crippen molar-refractivity contribution in [3.63, 3.8) is 0 Å². The highest BCUT2D eigenvalue weighted by atomic mass is 16.5. The van der Waals surface area contributed by atoms with Gasteiger partial charge in [0.2, 0.25) is 5.69 Å². The van der Waals surface area contributed by atoms with E-state index >= 15 is 0 Å². The summed E-state index contributed by atoms with van der Waals surface area (Å²) in [7, 11) is 0. The van der Waals surface area contributed by atoms with Crippen molar-refractivity contribution in [2.24, 2.45) is 0 Å². The number of hydrogen-bond acceptors (Lipinski definition) is 2. The monoisotopic (exact) mass is 215 g/mol. The Morgan fingerprint density at radius 1 is 1.12 bits per heavy atom. The third-order valence-corrected chi connectivity index (χ3v) is 3.02. The molecule has 0 bridgehead atoms. The Kier molecular flexibility index (Phi) is 2.13. The van der Waals surface area contributed by atoms with Crippen LogP contribution in [0, 0.1) is 5.21 Å². The third-order valence-electron chi connectivity index (χ3n) is 3.02. The van der Waals surface area contributed by atoms with Crippen molar-refractivity contribution in [1.29, 1.82) is 0 Å². The van der Waals surface area contributed by atoms with E-state index in [2.05, 4.69) is 5.10 Å². The van der Waals surface area contributed by atoms with E-state index in [1.807, 2.05) is 30.3 Å². The van der Waals surface area contributed by atoms with Crippen LogP contribution in [0.1, 0.15) is 24.2 Å². The fourth-order valence-corrected chi connectivity index (χ4v) is 2.18. The van der Waals surface area contributed by atoms with Gasteiger partial charge in [-0.25, -0.2) is 0 Å². The predicted molar refractivity (Wildman–Crippen MR) is 59.2 cm³/mol. The summed E-state index contributed by atoms with van der Waals surface area (Å²) in [4.78, 5) is 2.39. The van der Waals surface area contributed by atoms with Gasteiger partial charge in [0.1, 0.15) is 5.69 Å². The van der Waals surface area contributed by atoms with E-state index in [1.165, 1.54) is 4.80 Å². The number of benzene rings is 1. The van der Waals surface area contributed by atoms with Crippen molar-refractivity contribution in [2.75, 3.05) is 0 Å². The molecule has 0 aliphatic heterocycles. The van der Waals surface area contributed by atoms with Crippen molar-refractivity contribution < 1.29 is 4.85 Å². The summed E-state index contributed by atoms with van der Waals surface area (Å²) in [6.07, 6.45) is 4.01. The van der Waals surface area contributed by atoms with Crippen molar-refractivity contribution in [2.45, 2.75) is 25.7 Å². The summed E-state index contributed by atoms with van der Waals surface area (Å²) >= 11 is 0. The number of hydrogen-bond donors (Lipinski definition) is 0. The molecule has 1 aliphatic carbocycles. The number of fused-ring (bicyclic) bond motifs is 1. The van der Waals surface area contributed by atoms with Crippen LogP contribution in [0.3, 0.4) is 0 Å². The van der Waals surface area contributed by atoms with Gasteiger partial charge in [-0.1, -0.05) is 18.2 Å². The summed E-state index contributed by atoms with van der Waals surface area (Å²) < 4.78 is 0. The maximum absolute atomic E-state index is 12.0. The Balaban J connectivity index is 2.12. The SMILES string of the molecule is [O-][n+]1c2c(nn1-c1ccccc1)CCCC2. The number of nitrogens with zero attached hydrogens (tertiary/aromatic N) is 3. The van der Waals surface area contributed by atoms with Crippen LogP contribution in [0.25, 0.3) is 5.69 Å². The Bertz CT molecular complexity index is 504. The first-order valence-corrected chi connectivity index (χ1v) is 5.62. The normalized spacial score (nSPS) is 14.8. The molecule has 1 heterocycles. The van der Waals surface area contributed by atoms with Crippen molar-refractivity contribution in [3.8, 4) is 5.69 Å². The second kappa shape index (κ2) is 3.63. The summed E-state index contributed by atoms with van der Waals surface area (Å²) in [5.74, 6) is 0. The standard InChI is InChI=1S/C12H13N3O/c16-15-12-9-5-4-8-11(12)13-14(15)10-6-2-1-3-7-10/h1-3,6-7H,4-5,8-9H2. The highest BCUT2D eigenvalue weighted by Gasteiger charge is 2.25. The lowest BCUT2D eigenvalue weighted by Gasteiger charge is -2.08. The number of aryl methyl sites for hydroxylation is 1. The lowest BCUT2D eigenvalue weighted by Crippen LogP contribution is -2.40. The van der Waals surface area contributed by atoms with E-state index in [1.54, 1.807) is 0 Å². The van der Waals surface area contributed by atoms with Gasteiger partial charge in [0.25, 0.3) is 0 Å². The number of para-hydroxylation sites is 1. The second-order valence-electron chi connectivity index (χ2n) is 4.10. The molecular formula is C12H13N3O. The first kappa shape index (κ1) is 9.39. The van der Waals surface area contributed by atoms with Crippen LogP contribution in [0.15, 0.2) is 30.3 Å². The zero-order chi connectivity index (χ0) is 11.0. The van der Waals surface area contributed by atoms with Gasteiger partial charge in [-0.15, -0.1) is 4.85 Å². The average molecular weight is 215 g/mol. The van der Waals surface area contributed by atoms with E-state index in [9.17, 15) is 5.21 Å². The molecule has 0 N–H and O–H groups in total. The van der Waals surface area contributed by atoms with E-state index < -0.39 is 0 Å². The molecule has 0 spiro atoms. The van der Waals surface area contributed by atoms with Crippen LogP contribution in [-0.4, -0.2) is 9.90 Å². The van der Waals surface area contributed by atoms with Gasteiger partial charge in [-0.2, -0.15) is 0 Å². The second-order valence-corrected chi connectivity index (χ2v) is 4.10. The maximum atomic E-state index is 12.0. The van der Waals surface area contributed by atoms with Gasteiger partial charge in [0.05, 0.1) is 0 Å². The summed E-state index contributed by atoms with van der Waals surface area (Å²) in [5.41, 5.74) is 2.63. The molecule has 0 unspecified atom stereocenters. The Morgan fingerprint density at radius 2 is 1.88 bits per heavy atom. The fraction of sp³-hybridized carbons (Fsp3) is 0.333. The molecule has 2 aromatic rings. The molecule has 0 fully saturated rings. The van der Waals surface area contributed by atoms with Crippen LogP contribution >= 0.6 is 0 Å². The molecule has 0 saturated carbocycles. The molecule has 3 rings (SSSR count). The predicted octanol–water partition coefficient (Wildman–Crippen LogP) is 1.38. The molecule has 0 amide bonds. The van der Waals surface area contributed by atoms with Crippen molar-refractivity contribution in [3.05, 3.63) is 46.9 Å². The topological polar surface area (TPSA) is 44.8 Å². The summed E-state index contributed by atoms with van der Waals surface area (Å²) in [6, 6.07) is 9.55. The molecular weight excluding hydrogens is 202 g/mol. The minimum absolute atomic E-state index is 0.826. The smallest absolute Gasteiger partial charge is 0.222 e. The largest absolute Gasteiger partial charge is 0.692 e. The van der Waals surface area contributed by atoms with E-state index in [0.717, 1.165) is 47.6 Å². The van der Waals surface area contributed by atoms with E-state index in [0.29, 0.717) is 0 Å². The Morgan fingerprint density at radius 3 is 2.62 bits per heavy atom. The molecule has 1 aromatic carbocycles. The number of rotatable bonds is 1. The molecule has 0 saturated heterocycles. The molecule has 82 valence electrons. The molecule has 0 atom stereocenters. The highest BCUT2D eigenvalue weighted by molar-refractivity contribution is 5.28. The van der Waals surface area contributed by atoms with Gasteiger partial charge in [0, 0.05) is 17.9 Å². The van der Waals surface area contributed by atoms with Crippen LogP contribution < -0.4 is 4.85 Å². The molecule has 1 aromatic heterocycles. The Labute approximate surface area is 93.7 Å². The first-order chi connectivity index (χ1) is 7.86.